The lowest BCUT2D eigenvalue weighted by atomic mass is 9.99. The largest absolute Gasteiger partial charge is 0.508 e. The standard InChI is InChI=1S/C87H125N21O19S/c1-11-13-24-66-80(121)103-87(6,7)86(127)102-65(74(115)94-43-71(91)112)45-128-46-72(113)95-61(35-49-27-29-52(109)30-28-49)81(122)104(8)48(5)73(114)98-63(39-70(90)111)83(124)107-33-19-26-67(107)78(119)101-64(40-89)77(118)99-60(34-47(3)4)84(125)108-44-53(110)38-69(108)79(120)97-59(36-50-41-92-56-22-17-15-20-54(50)56)76(117)96-58(31-32-88)75(116)100-62(37-51-42-93-57-23-18-16-21-55(51)57)82(123)106(10)68(25-14-12-2)85(126)105(66)9/h15-18,20-23,27-30,41-42,47-48,53,58-69,92-93,109-110H,11-14,19,24-26,31-40,43-46,88-89H2,1-10H3,(H2,90,111)(H2,91,112)(H,94,115)(H,95,113)(H,96,117)(H,97,120)(H,98,114)(H,99,118)(H,100,116)(H,101,119)(H,102,127)(H,103,121)/t48-,53+,58-,59?,60-,61-,62-,63-,64-,65-,66-,67-,68-,69-/m0/s1. The van der Waals surface area contributed by atoms with Crippen molar-refractivity contribution in [3.05, 3.63) is 102 Å². The average Bonchev–Trinajstić information content (AvgIpc) is 1.49. The molecule has 3 aliphatic rings. The lowest BCUT2D eigenvalue weighted by Crippen LogP contribution is -2.63. The zero-order chi connectivity index (χ0) is 94.1. The predicted molar refractivity (Wildman–Crippen MR) is 474 cm³/mol. The van der Waals surface area contributed by atoms with E-state index in [1.165, 1.54) is 76.0 Å². The van der Waals surface area contributed by atoms with E-state index in [1.807, 2.05) is 19.9 Å². The van der Waals surface area contributed by atoms with Crippen molar-refractivity contribution in [3.8, 4) is 5.75 Å². The van der Waals surface area contributed by atoms with Gasteiger partial charge in [-0.2, -0.15) is 0 Å². The van der Waals surface area contributed by atoms with E-state index in [1.54, 1.807) is 68.7 Å². The van der Waals surface area contributed by atoms with Gasteiger partial charge < -0.3 is 121 Å². The number of carbonyl (C=O) groups is 17. The van der Waals surface area contributed by atoms with Crippen molar-refractivity contribution in [1.82, 2.24) is 87.6 Å². The molecule has 5 aromatic rings. The molecule has 0 spiro atoms. The van der Waals surface area contributed by atoms with Gasteiger partial charge in [-0.3, -0.25) is 81.5 Å². The SMILES string of the molecule is CCCC[C@H]1C(=O)N(C)[C@@H](CCCC)C(=O)NC(C)(C)C(=O)N[C@H](C(=O)NCC(N)=O)CSCC(=O)N[C@@H](Cc2ccc(O)cc2)C(=O)N(C)[C@@H](C)C(=O)N[C@@H](CC(N)=O)C(=O)N2CCC[C@H]2C(=O)N[C@@H](CN)C(=O)N[C@@H](CC(C)C)C(=O)N2C[C@H](O)C[C@H]2C(=O)NC(Cc2c[nH]c3ccccc23)C(=O)N[C@@H](CCN)C(=O)N[C@@H](Cc2c[nH]c3ccccc23)C(=O)N1C. The number of likely N-dealkylation sites (N-methyl/N-ethyl adjacent to an activating group) is 3. The Labute approximate surface area is 746 Å². The van der Waals surface area contributed by atoms with Crippen LogP contribution in [0.25, 0.3) is 21.8 Å². The molecule has 698 valence electrons. The zero-order valence-electron chi connectivity index (χ0n) is 74.1. The molecule has 1 unspecified atom stereocenters. The van der Waals surface area contributed by atoms with Gasteiger partial charge >= 0.3 is 0 Å². The van der Waals surface area contributed by atoms with Crippen LogP contribution in [0.5, 0.6) is 5.75 Å². The molecule has 3 aromatic carbocycles. The molecule has 3 fully saturated rings. The number of hydrogen-bond acceptors (Lipinski definition) is 22. The normalized spacial score (nSPS) is 25.4. The van der Waals surface area contributed by atoms with E-state index >= 15 is 33.6 Å². The number of aliphatic hydroxyl groups is 1. The van der Waals surface area contributed by atoms with Gasteiger partial charge in [0, 0.05) is 106 Å². The van der Waals surface area contributed by atoms with Gasteiger partial charge in [-0.25, -0.2) is 0 Å². The Balaban J connectivity index is 1.17. The van der Waals surface area contributed by atoms with Crippen molar-refractivity contribution < 1.29 is 91.7 Å². The summed E-state index contributed by atoms with van der Waals surface area (Å²) in [5.74, 6) is -16.8. The monoisotopic (exact) mass is 1800 g/mol. The van der Waals surface area contributed by atoms with Gasteiger partial charge in [-0.05, 0) is 113 Å². The second-order valence-corrected chi connectivity index (χ2v) is 34.9. The van der Waals surface area contributed by atoms with E-state index in [2.05, 4.69) is 63.1 Å². The number of H-pyrrole nitrogens is 2. The highest BCUT2D eigenvalue weighted by Gasteiger charge is 2.47. The Morgan fingerprint density at radius 3 is 1.68 bits per heavy atom. The molecular weight excluding hydrogens is 1680 g/mol. The molecule has 17 amide bonds. The number of rotatable bonds is 22. The topological polar surface area (TPSA) is 603 Å². The lowest BCUT2D eigenvalue weighted by Gasteiger charge is -2.37. The van der Waals surface area contributed by atoms with Crippen molar-refractivity contribution in [3.63, 3.8) is 0 Å². The number of phenols is 1. The first kappa shape index (κ1) is 101. The zero-order valence-corrected chi connectivity index (χ0v) is 74.9. The summed E-state index contributed by atoms with van der Waals surface area (Å²) in [6, 6.07) is 0.428. The smallest absolute Gasteiger partial charge is 0.246 e. The predicted octanol–water partition coefficient (Wildman–Crippen LogP) is -2.43. The van der Waals surface area contributed by atoms with Crippen LogP contribution in [0.3, 0.4) is 0 Å². The number of amides is 17. The lowest BCUT2D eigenvalue weighted by molar-refractivity contribution is -0.150. The number of aromatic nitrogens is 2. The van der Waals surface area contributed by atoms with Gasteiger partial charge in [0.1, 0.15) is 89.8 Å². The number of aromatic hydroxyl groups is 1. The molecule has 128 heavy (non-hydrogen) atoms. The number of primary amides is 2. The first-order valence-corrected chi connectivity index (χ1v) is 44.4. The number of para-hydroxylation sites is 2. The van der Waals surface area contributed by atoms with E-state index in [4.69, 9.17) is 22.9 Å². The van der Waals surface area contributed by atoms with Crippen molar-refractivity contribution in [2.75, 3.05) is 65.4 Å². The van der Waals surface area contributed by atoms with Crippen LogP contribution in [-0.2, 0) is 101 Å². The second-order valence-electron chi connectivity index (χ2n) is 33.9. The number of aromatic amines is 2. The molecule has 14 atom stereocenters. The number of fused-ring (bicyclic) bond motifs is 4. The van der Waals surface area contributed by atoms with E-state index in [-0.39, 0.29) is 89.0 Å². The highest BCUT2D eigenvalue weighted by molar-refractivity contribution is 8.00. The molecule has 40 nitrogen and oxygen atoms in total. The summed E-state index contributed by atoms with van der Waals surface area (Å²) in [7, 11) is 3.98. The van der Waals surface area contributed by atoms with Crippen molar-refractivity contribution >= 4 is 134 Å². The molecule has 3 aliphatic heterocycles. The van der Waals surface area contributed by atoms with Crippen LogP contribution in [0, 0.1) is 5.92 Å². The first-order valence-electron chi connectivity index (χ1n) is 43.2. The van der Waals surface area contributed by atoms with Crippen LogP contribution >= 0.6 is 11.8 Å². The number of nitrogens with zero attached hydrogens (tertiary/aromatic N) is 5. The molecule has 0 saturated carbocycles. The summed E-state index contributed by atoms with van der Waals surface area (Å²) in [5.41, 5.74) is 24.4. The Kier molecular flexibility index (Phi) is 37.1. The maximum Gasteiger partial charge on any atom is 0.246 e. The highest BCUT2D eigenvalue weighted by atomic mass is 32.2. The van der Waals surface area contributed by atoms with Crippen molar-refractivity contribution in [1.29, 1.82) is 0 Å². The molecule has 0 aliphatic carbocycles. The summed E-state index contributed by atoms with van der Waals surface area (Å²) < 4.78 is 0. The molecule has 5 heterocycles. The highest BCUT2D eigenvalue weighted by Crippen LogP contribution is 2.28. The van der Waals surface area contributed by atoms with Gasteiger partial charge in [0.2, 0.25) is 100 Å². The number of unbranched alkanes of at least 4 members (excludes halogenated alkanes) is 2. The minimum absolute atomic E-state index is 0.00407. The molecule has 0 radical (unpaired) electrons. The summed E-state index contributed by atoms with van der Waals surface area (Å²) in [6.45, 7) is 9.13. The Morgan fingerprint density at radius 2 is 1.09 bits per heavy atom. The van der Waals surface area contributed by atoms with Gasteiger partial charge in [0.05, 0.1) is 24.8 Å². The maximum absolute atomic E-state index is 15.7. The van der Waals surface area contributed by atoms with Crippen molar-refractivity contribution in [2.45, 2.75) is 235 Å². The Morgan fingerprint density at radius 1 is 0.562 bits per heavy atom. The number of nitrogens with one attached hydrogen (secondary N) is 12. The van der Waals surface area contributed by atoms with Crippen LogP contribution in [0.4, 0.5) is 0 Å². The van der Waals surface area contributed by atoms with Gasteiger partial charge in [-0.1, -0.05) is 102 Å². The third-order valence-corrected chi connectivity index (χ3v) is 24.3. The molecule has 22 N–H and O–H groups in total. The fourth-order valence-electron chi connectivity index (χ4n) is 15.9. The number of carbonyl (C=O) groups excluding carboxylic acids is 17. The van der Waals surface area contributed by atoms with Crippen LogP contribution in [0.15, 0.2) is 85.2 Å². The minimum atomic E-state index is -1.91. The van der Waals surface area contributed by atoms with Gasteiger partial charge in [0.15, 0.2) is 0 Å². The fraction of sp³-hybridized carbons (Fsp3) is 0.552. The maximum atomic E-state index is 15.7. The molecule has 8 rings (SSSR count). The van der Waals surface area contributed by atoms with Gasteiger partial charge in [-0.15, -0.1) is 11.8 Å². The number of phenolic OH excluding ortho intramolecular Hbond substituents is 1. The number of aliphatic hydroxyl groups excluding tert-OH is 1. The number of nitrogens with two attached hydrogens (primary N) is 4. The Hall–Kier alpha value is -12.2. The summed E-state index contributed by atoms with van der Waals surface area (Å²) in [6.07, 6.45) is 1.85. The third kappa shape index (κ3) is 27.2. The summed E-state index contributed by atoms with van der Waals surface area (Å²) in [4.78, 5) is 260. The third-order valence-electron chi connectivity index (χ3n) is 23.2. The molecule has 0 bridgehead atoms. The minimum Gasteiger partial charge on any atom is -0.508 e. The van der Waals surface area contributed by atoms with E-state index in [0.29, 0.717) is 64.2 Å². The van der Waals surface area contributed by atoms with E-state index in [9.17, 15) is 58.2 Å². The summed E-state index contributed by atoms with van der Waals surface area (Å²) in [5, 5.41) is 49.4. The van der Waals surface area contributed by atoms with E-state index in [0.717, 1.165) is 26.5 Å². The van der Waals surface area contributed by atoms with Crippen LogP contribution in [0.2, 0.25) is 0 Å². The van der Waals surface area contributed by atoms with Crippen molar-refractivity contribution in [2.24, 2.45) is 28.9 Å². The number of thioether (sulfide) groups is 1. The number of benzene rings is 3. The van der Waals surface area contributed by atoms with Crippen LogP contribution in [0.1, 0.15) is 142 Å². The first-order chi connectivity index (χ1) is 60.7. The molecule has 3 saturated heterocycles. The van der Waals surface area contributed by atoms with Crippen LogP contribution in [-0.4, -0.2) is 301 Å². The molecule has 41 heteroatoms. The molecular formula is C87H125N21O19S. The number of hydrogen-bond donors (Lipinski definition) is 18. The molecule has 2 aromatic heterocycles. The van der Waals surface area contributed by atoms with Crippen LogP contribution < -0.4 is 76.1 Å². The quantitative estimate of drug-likeness (QED) is 0.0342. The Bertz CT molecular complexity index is 4830. The van der Waals surface area contributed by atoms with Gasteiger partial charge in [0.25, 0.3) is 0 Å². The second kappa shape index (κ2) is 47.0. The fourth-order valence-corrected chi connectivity index (χ4v) is 16.7. The average molecular weight is 1800 g/mol. The van der Waals surface area contributed by atoms with E-state index < -0.39 is 228 Å². The summed E-state index contributed by atoms with van der Waals surface area (Å²) >= 11 is 0.787.